The van der Waals surface area contributed by atoms with E-state index in [1.165, 1.54) is 6.92 Å². The lowest BCUT2D eigenvalue weighted by molar-refractivity contribution is -0.147. The number of rotatable bonds is 2. The van der Waals surface area contributed by atoms with Gasteiger partial charge in [0.2, 0.25) is 5.91 Å². The average Bonchev–Trinajstić information content (AvgIpc) is 2.17. The molecular formula is C11H17NO3. The van der Waals surface area contributed by atoms with Crippen LogP contribution >= 0.6 is 0 Å². The lowest BCUT2D eigenvalue weighted by atomic mass is 9.98. The third kappa shape index (κ3) is 3.38. The van der Waals surface area contributed by atoms with Gasteiger partial charge in [0.15, 0.2) is 0 Å². The molecule has 0 aliphatic carbocycles. The van der Waals surface area contributed by atoms with Gasteiger partial charge in [0, 0.05) is 20.0 Å². The van der Waals surface area contributed by atoms with Crippen molar-refractivity contribution in [2.75, 3.05) is 13.1 Å². The Balaban J connectivity index is 2.52. The smallest absolute Gasteiger partial charge is 0.315 e. The maximum absolute atomic E-state index is 11.6. The summed E-state index contributed by atoms with van der Waals surface area (Å²) in [7, 11) is 0. The normalized spacial score (nSPS) is 20.9. The highest BCUT2D eigenvalue weighted by Gasteiger charge is 2.28. The van der Waals surface area contributed by atoms with E-state index < -0.39 is 0 Å². The van der Waals surface area contributed by atoms with Crippen LogP contribution in [-0.4, -0.2) is 29.9 Å². The number of carbonyl (C=O) groups excluding carboxylic acids is 2. The van der Waals surface area contributed by atoms with E-state index in [-0.39, 0.29) is 17.8 Å². The van der Waals surface area contributed by atoms with Crippen LogP contribution in [0.5, 0.6) is 0 Å². The molecule has 1 aliphatic rings. The number of hydrogen-bond donors (Lipinski definition) is 0. The number of nitrogens with zero attached hydrogens (tertiary/aromatic N) is 1. The van der Waals surface area contributed by atoms with Crippen LogP contribution in [0, 0.1) is 5.92 Å². The van der Waals surface area contributed by atoms with Gasteiger partial charge in [-0.1, -0.05) is 6.58 Å². The number of piperidine rings is 1. The SMILES string of the molecule is C=C(C)OC(=O)C1CCCN(C(C)=O)C1. The molecule has 0 aromatic heterocycles. The number of likely N-dealkylation sites (tertiary alicyclic amines) is 1. The Kier molecular flexibility index (Phi) is 3.88. The number of carbonyl (C=O) groups is 2. The van der Waals surface area contributed by atoms with Crippen molar-refractivity contribution in [2.24, 2.45) is 5.92 Å². The van der Waals surface area contributed by atoms with Crippen LogP contribution in [0.3, 0.4) is 0 Å². The number of allylic oxidation sites excluding steroid dienone is 1. The molecule has 0 spiro atoms. The van der Waals surface area contributed by atoms with Gasteiger partial charge in [-0.2, -0.15) is 0 Å². The summed E-state index contributed by atoms with van der Waals surface area (Å²) in [4.78, 5) is 24.4. The van der Waals surface area contributed by atoms with Crippen molar-refractivity contribution in [3.8, 4) is 0 Å². The Morgan fingerprint density at radius 1 is 1.40 bits per heavy atom. The summed E-state index contributed by atoms with van der Waals surface area (Å²) in [5, 5.41) is 0. The summed E-state index contributed by atoms with van der Waals surface area (Å²) >= 11 is 0. The largest absolute Gasteiger partial charge is 0.432 e. The van der Waals surface area contributed by atoms with Crippen molar-refractivity contribution in [1.29, 1.82) is 0 Å². The first kappa shape index (κ1) is 11.8. The molecule has 1 atom stereocenters. The van der Waals surface area contributed by atoms with E-state index in [0.717, 1.165) is 19.4 Å². The Hall–Kier alpha value is -1.32. The molecule has 1 unspecified atom stereocenters. The van der Waals surface area contributed by atoms with Crippen molar-refractivity contribution in [3.05, 3.63) is 12.3 Å². The fourth-order valence-electron chi connectivity index (χ4n) is 1.71. The fourth-order valence-corrected chi connectivity index (χ4v) is 1.71. The highest BCUT2D eigenvalue weighted by atomic mass is 16.5. The number of esters is 1. The summed E-state index contributed by atoms with van der Waals surface area (Å²) in [6, 6.07) is 0. The van der Waals surface area contributed by atoms with Gasteiger partial charge in [-0.15, -0.1) is 0 Å². The summed E-state index contributed by atoms with van der Waals surface area (Å²) in [5.41, 5.74) is 0. The van der Waals surface area contributed by atoms with Crippen LogP contribution in [0.15, 0.2) is 12.3 Å². The number of ether oxygens (including phenoxy) is 1. The summed E-state index contributed by atoms with van der Waals surface area (Å²) in [5.74, 6) is -0.0458. The lowest BCUT2D eigenvalue weighted by Gasteiger charge is -2.30. The molecule has 0 aromatic carbocycles. The van der Waals surface area contributed by atoms with Gasteiger partial charge in [0.1, 0.15) is 0 Å². The van der Waals surface area contributed by atoms with Crippen molar-refractivity contribution in [2.45, 2.75) is 26.7 Å². The molecule has 0 saturated carbocycles. The zero-order valence-electron chi connectivity index (χ0n) is 9.28. The zero-order valence-corrected chi connectivity index (χ0v) is 9.28. The van der Waals surface area contributed by atoms with Crippen LogP contribution in [0.25, 0.3) is 0 Å². The molecule has 4 heteroatoms. The van der Waals surface area contributed by atoms with Crippen LogP contribution in [0.4, 0.5) is 0 Å². The number of hydrogen-bond acceptors (Lipinski definition) is 3. The van der Waals surface area contributed by atoms with Crippen molar-refractivity contribution in [1.82, 2.24) is 4.90 Å². The standard InChI is InChI=1S/C11H17NO3/c1-8(2)15-11(14)10-5-4-6-12(7-10)9(3)13/h10H,1,4-7H2,2-3H3. The molecule has 1 fully saturated rings. The minimum atomic E-state index is -0.270. The van der Waals surface area contributed by atoms with Crippen LogP contribution < -0.4 is 0 Å². The van der Waals surface area contributed by atoms with E-state index in [1.807, 2.05) is 0 Å². The summed E-state index contributed by atoms with van der Waals surface area (Å²) < 4.78 is 4.95. The molecule has 1 heterocycles. The molecule has 1 saturated heterocycles. The second-order valence-electron chi connectivity index (χ2n) is 3.93. The highest BCUT2D eigenvalue weighted by molar-refractivity contribution is 5.77. The molecule has 1 rings (SSSR count). The highest BCUT2D eigenvalue weighted by Crippen LogP contribution is 2.18. The summed E-state index contributed by atoms with van der Waals surface area (Å²) in [6.07, 6.45) is 1.64. The second-order valence-corrected chi connectivity index (χ2v) is 3.93. The Labute approximate surface area is 89.9 Å². The van der Waals surface area contributed by atoms with Gasteiger partial charge in [-0.25, -0.2) is 0 Å². The Morgan fingerprint density at radius 2 is 2.07 bits per heavy atom. The van der Waals surface area contributed by atoms with Gasteiger partial charge in [-0.3, -0.25) is 9.59 Å². The van der Waals surface area contributed by atoms with Gasteiger partial charge in [0.25, 0.3) is 0 Å². The second kappa shape index (κ2) is 4.96. The molecule has 0 N–H and O–H groups in total. The minimum Gasteiger partial charge on any atom is -0.432 e. The predicted octanol–water partition coefficient (Wildman–Crippen LogP) is 1.32. The molecule has 0 radical (unpaired) electrons. The Morgan fingerprint density at radius 3 is 2.60 bits per heavy atom. The third-order valence-corrected chi connectivity index (χ3v) is 2.47. The topological polar surface area (TPSA) is 46.6 Å². The maximum atomic E-state index is 11.6. The van der Waals surface area contributed by atoms with E-state index in [1.54, 1.807) is 11.8 Å². The molecule has 15 heavy (non-hydrogen) atoms. The molecule has 1 aliphatic heterocycles. The van der Waals surface area contributed by atoms with E-state index in [0.29, 0.717) is 12.3 Å². The first-order chi connectivity index (χ1) is 7.00. The van der Waals surface area contributed by atoms with Crippen LogP contribution in [0.1, 0.15) is 26.7 Å². The zero-order chi connectivity index (χ0) is 11.4. The first-order valence-corrected chi connectivity index (χ1v) is 5.13. The molecular weight excluding hydrogens is 194 g/mol. The molecule has 1 amide bonds. The molecule has 84 valence electrons. The van der Waals surface area contributed by atoms with Crippen LogP contribution in [0.2, 0.25) is 0 Å². The van der Waals surface area contributed by atoms with E-state index in [9.17, 15) is 9.59 Å². The van der Waals surface area contributed by atoms with Crippen LogP contribution in [-0.2, 0) is 14.3 Å². The predicted molar refractivity (Wildman–Crippen MR) is 55.9 cm³/mol. The molecule has 0 bridgehead atoms. The van der Waals surface area contributed by atoms with E-state index in [4.69, 9.17) is 4.74 Å². The molecule has 0 aromatic rings. The molecule has 4 nitrogen and oxygen atoms in total. The van der Waals surface area contributed by atoms with E-state index >= 15 is 0 Å². The van der Waals surface area contributed by atoms with Crippen molar-refractivity contribution >= 4 is 11.9 Å². The van der Waals surface area contributed by atoms with Crippen molar-refractivity contribution in [3.63, 3.8) is 0 Å². The van der Waals surface area contributed by atoms with Gasteiger partial charge >= 0.3 is 5.97 Å². The quantitative estimate of drug-likeness (QED) is 0.511. The van der Waals surface area contributed by atoms with E-state index in [2.05, 4.69) is 6.58 Å². The van der Waals surface area contributed by atoms with Gasteiger partial charge in [-0.05, 0) is 19.8 Å². The monoisotopic (exact) mass is 211 g/mol. The average molecular weight is 211 g/mol. The lowest BCUT2D eigenvalue weighted by Crippen LogP contribution is -2.41. The fraction of sp³-hybridized carbons (Fsp3) is 0.636. The Bertz CT molecular complexity index is 286. The maximum Gasteiger partial charge on any atom is 0.315 e. The van der Waals surface area contributed by atoms with Crippen molar-refractivity contribution < 1.29 is 14.3 Å². The minimum absolute atomic E-state index is 0.0165. The third-order valence-electron chi connectivity index (χ3n) is 2.47. The van der Waals surface area contributed by atoms with Gasteiger partial charge in [0.05, 0.1) is 11.7 Å². The summed E-state index contributed by atoms with van der Waals surface area (Å²) in [6.45, 7) is 7.90. The van der Waals surface area contributed by atoms with Gasteiger partial charge < -0.3 is 9.64 Å². The first-order valence-electron chi connectivity index (χ1n) is 5.13. The number of amides is 1.